The lowest BCUT2D eigenvalue weighted by atomic mass is 9.85. The number of aliphatic hydroxyl groups excluding tert-OH is 1. The van der Waals surface area contributed by atoms with Crippen LogP contribution in [0.1, 0.15) is 26.2 Å². The maximum atomic E-state index is 9.42. The van der Waals surface area contributed by atoms with Gasteiger partial charge in [0.2, 0.25) is 0 Å². The third-order valence-corrected chi connectivity index (χ3v) is 2.45. The van der Waals surface area contributed by atoms with E-state index in [2.05, 4.69) is 12.2 Å². The normalized spacial score (nSPS) is 41.7. The van der Waals surface area contributed by atoms with Crippen LogP contribution in [0.3, 0.4) is 0 Å². The van der Waals surface area contributed by atoms with Crippen LogP contribution in [-0.4, -0.2) is 24.3 Å². The minimum absolute atomic E-state index is 0.110. The van der Waals surface area contributed by atoms with Crippen molar-refractivity contribution in [2.75, 3.05) is 7.05 Å². The zero-order valence-electron chi connectivity index (χ0n) is 6.80. The zero-order chi connectivity index (χ0) is 7.56. The van der Waals surface area contributed by atoms with Crippen LogP contribution in [0.5, 0.6) is 0 Å². The van der Waals surface area contributed by atoms with E-state index in [1.165, 1.54) is 6.42 Å². The first-order valence-electron chi connectivity index (χ1n) is 4.09. The number of aliphatic hydroxyl groups is 1. The maximum Gasteiger partial charge on any atom is 0.0693 e. The Kier molecular flexibility index (Phi) is 2.69. The van der Waals surface area contributed by atoms with E-state index in [4.69, 9.17) is 0 Å². The van der Waals surface area contributed by atoms with Crippen molar-refractivity contribution in [2.45, 2.75) is 38.3 Å². The summed E-state index contributed by atoms with van der Waals surface area (Å²) in [6.07, 6.45) is 3.16. The molecule has 0 bridgehead atoms. The van der Waals surface area contributed by atoms with E-state index in [0.717, 1.165) is 18.8 Å². The predicted octanol–water partition coefficient (Wildman–Crippen LogP) is 0.755. The average Bonchev–Trinajstić information content (AvgIpc) is 1.94. The highest BCUT2D eigenvalue weighted by atomic mass is 16.3. The molecule has 0 aromatic heterocycles. The van der Waals surface area contributed by atoms with Crippen molar-refractivity contribution in [3.05, 3.63) is 0 Å². The molecule has 0 amide bonds. The number of hydrogen-bond donors (Lipinski definition) is 2. The largest absolute Gasteiger partial charge is 0.392 e. The predicted molar refractivity (Wildman–Crippen MR) is 41.9 cm³/mol. The fourth-order valence-corrected chi connectivity index (χ4v) is 1.68. The molecule has 1 aliphatic rings. The van der Waals surface area contributed by atoms with Crippen LogP contribution in [0.15, 0.2) is 0 Å². The first kappa shape index (κ1) is 8.02. The number of likely N-dealkylation sites (N-methyl/N-ethyl adjacent to an activating group) is 1. The fourth-order valence-electron chi connectivity index (χ4n) is 1.68. The molecule has 3 unspecified atom stereocenters. The van der Waals surface area contributed by atoms with Gasteiger partial charge in [0.15, 0.2) is 0 Å². The van der Waals surface area contributed by atoms with Crippen molar-refractivity contribution in [1.82, 2.24) is 5.32 Å². The molecular weight excluding hydrogens is 126 g/mol. The monoisotopic (exact) mass is 143 g/mol. The Labute approximate surface area is 62.6 Å². The van der Waals surface area contributed by atoms with Crippen LogP contribution in [-0.2, 0) is 0 Å². The molecule has 10 heavy (non-hydrogen) atoms. The molecule has 1 saturated carbocycles. The molecule has 2 nitrogen and oxygen atoms in total. The van der Waals surface area contributed by atoms with Gasteiger partial charge in [-0.25, -0.2) is 0 Å². The molecule has 60 valence electrons. The Morgan fingerprint density at radius 1 is 1.40 bits per heavy atom. The number of nitrogens with one attached hydrogen (secondary N) is 1. The van der Waals surface area contributed by atoms with Crippen LogP contribution >= 0.6 is 0 Å². The molecule has 1 rings (SSSR count). The minimum Gasteiger partial charge on any atom is -0.392 e. The Balaban J connectivity index is 2.38. The van der Waals surface area contributed by atoms with Gasteiger partial charge in [-0.3, -0.25) is 0 Å². The molecule has 1 aliphatic carbocycles. The molecule has 0 radical (unpaired) electrons. The highest BCUT2D eigenvalue weighted by molar-refractivity contribution is 4.81. The van der Waals surface area contributed by atoms with Gasteiger partial charge in [-0.1, -0.05) is 6.92 Å². The van der Waals surface area contributed by atoms with Gasteiger partial charge in [-0.05, 0) is 32.2 Å². The van der Waals surface area contributed by atoms with Gasteiger partial charge in [0.1, 0.15) is 0 Å². The maximum absolute atomic E-state index is 9.42. The van der Waals surface area contributed by atoms with Crippen LogP contribution in [0.25, 0.3) is 0 Å². The Hall–Kier alpha value is -0.0800. The van der Waals surface area contributed by atoms with Crippen LogP contribution in [0.4, 0.5) is 0 Å². The summed E-state index contributed by atoms with van der Waals surface area (Å²) < 4.78 is 0. The standard InChI is InChI=1S/C8H17NO/c1-6-3-4-8(10)7(5-6)9-2/h6-10H,3-5H2,1-2H3. The Morgan fingerprint density at radius 3 is 2.60 bits per heavy atom. The van der Waals surface area contributed by atoms with Gasteiger partial charge in [-0.15, -0.1) is 0 Å². The second-order valence-electron chi connectivity index (χ2n) is 3.38. The van der Waals surface area contributed by atoms with E-state index < -0.39 is 0 Å². The van der Waals surface area contributed by atoms with Gasteiger partial charge in [0.05, 0.1) is 6.10 Å². The van der Waals surface area contributed by atoms with Gasteiger partial charge < -0.3 is 10.4 Å². The van der Waals surface area contributed by atoms with E-state index in [1.807, 2.05) is 7.05 Å². The summed E-state index contributed by atoms with van der Waals surface area (Å²) in [6, 6.07) is 0.337. The highest BCUT2D eigenvalue weighted by Crippen LogP contribution is 2.23. The summed E-state index contributed by atoms with van der Waals surface area (Å²) in [5, 5.41) is 12.6. The van der Waals surface area contributed by atoms with Crippen molar-refractivity contribution < 1.29 is 5.11 Å². The molecule has 0 aromatic rings. The molecule has 0 heterocycles. The molecule has 2 N–H and O–H groups in total. The van der Waals surface area contributed by atoms with E-state index >= 15 is 0 Å². The number of hydrogen-bond acceptors (Lipinski definition) is 2. The molecular formula is C8H17NO. The summed E-state index contributed by atoms with van der Waals surface area (Å²) >= 11 is 0. The van der Waals surface area contributed by atoms with Gasteiger partial charge in [0.25, 0.3) is 0 Å². The van der Waals surface area contributed by atoms with Crippen molar-refractivity contribution >= 4 is 0 Å². The topological polar surface area (TPSA) is 32.3 Å². The van der Waals surface area contributed by atoms with Gasteiger partial charge in [-0.2, -0.15) is 0 Å². The first-order valence-corrected chi connectivity index (χ1v) is 4.09. The van der Waals surface area contributed by atoms with Crippen molar-refractivity contribution in [3.63, 3.8) is 0 Å². The van der Waals surface area contributed by atoms with Gasteiger partial charge >= 0.3 is 0 Å². The average molecular weight is 143 g/mol. The van der Waals surface area contributed by atoms with E-state index in [-0.39, 0.29) is 6.10 Å². The fraction of sp³-hybridized carbons (Fsp3) is 1.00. The quantitative estimate of drug-likeness (QED) is 0.568. The molecule has 0 aromatic carbocycles. The molecule has 1 fully saturated rings. The second-order valence-corrected chi connectivity index (χ2v) is 3.38. The summed E-state index contributed by atoms with van der Waals surface area (Å²) in [5.41, 5.74) is 0. The minimum atomic E-state index is -0.110. The highest BCUT2D eigenvalue weighted by Gasteiger charge is 2.24. The SMILES string of the molecule is CNC1CC(C)CCC1O. The molecule has 2 heteroatoms. The zero-order valence-corrected chi connectivity index (χ0v) is 6.80. The third-order valence-electron chi connectivity index (χ3n) is 2.45. The Morgan fingerprint density at radius 2 is 2.10 bits per heavy atom. The van der Waals surface area contributed by atoms with E-state index in [0.29, 0.717) is 6.04 Å². The molecule has 0 aliphatic heterocycles. The van der Waals surface area contributed by atoms with E-state index in [9.17, 15) is 5.11 Å². The van der Waals surface area contributed by atoms with Crippen molar-refractivity contribution in [3.8, 4) is 0 Å². The molecule has 0 spiro atoms. The number of rotatable bonds is 1. The van der Waals surface area contributed by atoms with Crippen molar-refractivity contribution in [2.24, 2.45) is 5.92 Å². The summed E-state index contributed by atoms with van der Waals surface area (Å²) in [6.45, 7) is 2.25. The van der Waals surface area contributed by atoms with Crippen molar-refractivity contribution in [1.29, 1.82) is 0 Å². The van der Waals surface area contributed by atoms with Crippen LogP contribution < -0.4 is 5.32 Å². The molecule has 0 saturated heterocycles. The summed E-state index contributed by atoms with van der Waals surface area (Å²) in [7, 11) is 1.92. The van der Waals surface area contributed by atoms with Crippen LogP contribution in [0, 0.1) is 5.92 Å². The molecule has 3 atom stereocenters. The lowest BCUT2D eigenvalue weighted by molar-refractivity contribution is 0.0772. The smallest absolute Gasteiger partial charge is 0.0693 e. The third kappa shape index (κ3) is 1.70. The van der Waals surface area contributed by atoms with Crippen LogP contribution in [0.2, 0.25) is 0 Å². The lowest BCUT2D eigenvalue weighted by Gasteiger charge is -2.31. The summed E-state index contributed by atoms with van der Waals surface area (Å²) in [4.78, 5) is 0. The Bertz CT molecular complexity index is 105. The lowest BCUT2D eigenvalue weighted by Crippen LogP contribution is -2.42. The van der Waals surface area contributed by atoms with Gasteiger partial charge in [0, 0.05) is 6.04 Å². The first-order chi connectivity index (χ1) is 4.74. The van der Waals surface area contributed by atoms with E-state index in [1.54, 1.807) is 0 Å². The summed E-state index contributed by atoms with van der Waals surface area (Å²) in [5.74, 6) is 0.779. The second kappa shape index (κ2) is 3.35.